The topological polar surface area (TPSA) is 46.9 Å². The van der Waals surface area contributed by atoms with Gasteiger partial charge in [0.1, 0.15) is 5.82 Å². The van der Waals surface area contributed by atoms with Crippen LogP contribution >= 0.6 is 11.3 Å². The molecule has 1 amide bonds. The van der Waals surface area contributed by atoms with Crippen molar-refractivity contribution in [3.05, 3.63) is 89.1 Å². The van der Waals surface area contributed by atoms with Crippen molar-refractivity contribution in [2.75, 3.05) is 5.32 Å². The van der Waals surface area contributed by atoms with Crippen LogP contribution in [0.3, 0.4) is 0 Å². The first kappa shape index (κ1) is 16.2. The molecule has 0 radical (unpaired) electrons. The maximum absolute atomic E-state index is 13.3. The van der Waals surface area contributed by atoms with Gasteiger partial charge < -0.3 is 5.32 Å². The van der Waals surface area contributed by atoms with Crippen LogP contribution in [0.25, 0.3) is 16.8 Å². The quantitative estimate of drug-likeness (QED) is 0.555. The molecular weight excluding hydrogens is 349 g/mol. The fourth-order valence-corrected chi connectivity index (χ4v) is 3.27. The van der Waals surface area contributed by atoms with Crippen LogP contribution in [0.5, 0.6) is 0 Å². The first-order valence-electron chi connectivity index (χ1n) is 7.95. The number of amides is 1. The molecule has 0 aliphatic rings. The monoisotopic (exact) mass is 363 g/mol. The summed E-state index contributed by atoms with van der Waals surface area (Å²) in [5.41, 5.74) is 3.66. The molecule has 1 N–H and O–H groups in total. The van der Waals surface area contributed by atoms with Gasteiger partial charge in [-0.15, -0.1) is 0 Å². The molecule has 0 unspecified atom stereocenters. The average Bonchev–Trinajstić information content (AvgIpc) is 3.34. The molecule has 0 aliphatic carbocycles. The van der Waals surface area contributed by atoms with E-state index in [-0.39, 0.29) is 17.4 Å². The average molecular weight is 363 g/mol. The second kappa shape index (κ2) is 6.93. The Hall–Kier alpha value is -3.25. The Morgan fingerprint density at radius 1 is 1.04 bits per heavy atom. The molecule has 26 heavy (non-hydrogen) atoms. The molecule has 6 heteroatoms. The minimum absolute atomic E-state index is 0.259. The van der Waals surface area contributed by atoms with Gasteiger partial charge in [0.25, 0.3) is 5.91 Å². The van der Waals surface area contributed by atoms with E-state index in [4.69, 9.17) is 0 Å². The van der Waals surface area contributed by atoms with Crippen LogP contribution in [0.2, 0.25) is 0 Å². The highest BCUT2D eigenvalue weighted by Crippen LogP contribution is 2.25. The summed E-state index contributed by atoms with van der Waals surface area (Å²) < 4.78 is 14.8. The number of rotatable bonds is 4. The van der Waals surface area contributed by atoms with Gasteiger partial charge in [-0.05, 0) is 64.4 Å². The Morgan fingerprint density at radius 2 is 1.92 bits per heavy atom. The molecule has 4 rings (SSSR count). The predicted octanol–water partition coefficient (Wildman–Crippen LogP) is 4.99. The number of halogens is 1. The van der Waals surface area contributed by atoms with Crippen molar-refractivity contribution in [2.45, 2.75) is 0 Å². The molecule has 0 saturated heterocycles. The Morgan fingerprint density at radius 3 is 2.73 bits per heavy atom. The minimum Gasteiger partial charge on any atom is -0.321 e. The van der Waals surface area contributed by atoms with Crippen molar-refractivity contribution >= 4 is 22.9 Å². The minimum atomic E-state index is -0.353. The summed E-state index contributed by atoms with van der Waals surface area (Å²) in [7, 11) is 0. The lowest BCUT2D eigenvalue weighted by molar-refractivity contribution is 0.102. The number of hydrogen-bond acceptors (Lipinski definition) is 3. The van der Waals surface area contributed by atoms with Crippen molar-refractivity contribution < 1.29 is 9.18 Å². The van der Waals surface area contributed by atoms with Gasteiger partial charge in [-0.1, -0.05) is 18.2 Å². The van der Waals surface area contributed by atoms with Crippen molar-refractivity contribution in [3.63, 3.8) is 0 Å². The van der Waals surface area contributed by atoms with Gasteiger partial charge in [0.2, 0.25) is 0 Å². The fraction of sp³-hybridized carbons (Fsp3) is 0. The molecule has 0 spiro atoms. The molecule has 128 valence electrons. The molecule has 0 fully saturated rings. The number of aromatic nitrogens is 2. The number of nitrogens with zero attached hydrogens (tertiary/aromatic N) is 2. The van der Waals surface area contributed by atoms with Gasteiger partial charge in [0.05, 0.1) is 5.69 Å². The van der Waals surface area contributed by atoms with Gasteiger partial charge in [0, 0.05) is 11.9 Å². The van der Waals surface area contributed by atoms with Crippen LogP contribution in [-0.4, -0.2) is 15.7 Å². The lowest BCUT2D eigenvalue weighted by Gasteiger charge is -2.06. The van der Waals surface area contributed by atoms with Crippen LogP contribution < -0.4 is 5.32 Å². The molecule has 2 heterocycles. The van der Waals surface area contributed by atoms with E-state index in [0.29, 0.717) is 11.4 Å². The first-order valence-corrected chi connectivity index (χ1v) is 8.89. The molecule has 0 saturated carbocycles. The van der Waals surface area contributed by atoms with Crippen LogP contribution in [0.15, 0.2) is 77.6 Å². The van der Waals surface area contributed by atoms with Crippen LogP contribution in [0.4, 0.5) is 10.1 Å². The number of anilines is 1. The summed E-state index contributed by atoms with van der Waals surface area (Å²) in [6.45, 7) is 0. The smallest absolute Gasteiger partial charge is 0.276 e. The standard InChI is InChI=1S/C20H14FN3OS/c21-16-4-2-6-18(12-16)24-9-7-19(23-24)20(25)22-17-5-1-3-14(11-17)15-8-10-26-13-15/h1-13H,(H,22,25). The molecule has 2 aromatic carbocycles. The van der Waals surface area contributed by atoms with E-state index in [9.17, 15) is 9.18 Å². The van der Waals surface area contributed by atoms with Crippen LogP contribution in [0.1, 0.15) is 10.5 Å². The lowest BCUT2D eigenvalue weighted by atomic mass is 10.1. The summed E-state index contributed by atoms with van der Waals surface area (Å²) in [4.78, 5) is 12.5. The van der Waals surface area contributed by atoms with Crippen LogP contribution in [0, 0.1) is 5.82 Å². The molecule has 0 bridgehead atoms. The summed E-state index contributed by atoms with van der Waals surface area (Å²) >= 11 is 1.63. The van der Waals surface area contributed by atoms with Gasteiger partial charge >= 0.3 is 0 Å². The second-order valence-electron chi connectivity index (χ2n) is 5.67. The zero-order chi connectivity index (χ0) is 17.9. The van der Waals surface area contributed by atoms with E-state index in [1.807, 2.05) is 35.7 Å². The van der Waals surface area contributed by atoms with E-state index >= 15 is 0 Å². The molecule has 0 atom stereocenters. The molecule has 0 aliphatic heterocycles. The van der Waals surface area contributed by atoms with Crippen LogP contribution in [-0.2, 0) is 0 Å². The van der Waals surface area contributed by atoms with E-state index < -0.39 is 0 Å². The van der Waals surface area contributed by atoms with E-state index in [2.05, 4.69) is 15.8 Å². The first-order chi connectivity index (χ1) is 12.7. The third-order valence-electron chi connectivity index (χ3n) is 3.87. The van der Waals surface area contributed by atoms with Crippen molar-refractivity contribution in [3.8, 4) is 16.8 Å². The van der Waals surface area contributed by atoms with Gasteiger partial charge in [0.15, 0.2) is 5.69 Å². The van der Waals surface area contributed by atoms with Gasteiger partial charge in [-0.25, -0.2) is 9.07 Å². The Kier molecular flexibility index (Phi) is 4.33. The van der Waals surface area contributed by atoms with E-state index in [1.54, 1.807) is 35.7 Å². The summed E-state index contributed by atoms with van der Waals surface area (Å²) in [6.07, 6.45) is 1.63. The number of carbonyl (C=O) groups is 1. The molecule has 4 nitrogen and oxygen atoms in total. The number of benzene rings is 2. The summed E-state index contributed by atoms with van der Waals surface area (Å²) in [6, 6.07) is 17.3. The zero-order valence-electron chi connectivity index (χ0n) is 13.6. The van der Waals surface area contributed by atoms with E-state index in [1.165, 1.54) is 16.8 Å². The predicted molar refractivity (Wildman–Crippen MR) is 101 cm³/mol. The number of hydrogen-bond donors (Lipinski definition) is 1. The Bertz CT molecular complexity index is 1060. The lowest BCUT2D eigenvalue weighted by Crippen LogP contribution is -2.13. The Balaban J connectivity index is 1.53. The van der Waals surface area contributed by atoms with Crippen molar-refractivity contribution in [2.24, 2.45) is 0 Å². The number of nitrogens with one attached hydrogen (secondary N) is 1. The zero-order valence-corrected chi connectivity index (χ0v) is 14.4. The highest BCUT2D eigenvalue weighted by Gasteiger charge is 2.11. The summed E-state index contributed by atoms with van der Waals surface area (Å²) in [5, 5.41) is 11.2. The second-order valence-corrected chi connectivity index (χ2v) is 6.45. The summed E-state index contributed by atoms with van der Waals surface area (Å²) in [5.74, 6) is -0.670. The SMILES string of the molecule is O=C(Nc1cccc(-c2ccsc2)c1)c1ccn(-c2cccc(F)c2)n1. The molecule has 2 aromatic heterocycles. The maximum atomic E-state index is 13.3. The Labute approximate surface area is 153 Å². The van der Waals surface area contributed by atoms with Crippen molar-refractivity contribution in [1.82, 2.24) is 9.78 Å². The van der Waals surface area contributed by atoms with Gasteiger partial charge in [-0.3, -0.25) is 4.79 Å². The number of thiophene rings is 1. The fourth-order valence-electron chi connectivity index (χ4n) is 2.61. The molecule has 4 aromatic rings. The van der Waals surface area contributed by atoms with Gasteiger partial charge in [-0.2, -0.15) is 16.4 Å². The molecular formula is C20H14FN3OS. The third kappa shape index (κ3) is 3.41. The highest BCUT2D eigenvalue weighted by atomic mass is 32.1. The normalized spacial score (nSPS) is 10.7. The maximum Gasteiger partial charge on any atom is 0.276 e. The number of carbonyl (C=O) groups excluding carboxylic acids is 1. The van der Waals surface area contributed by atoms with Crippen molar-refractivity contribution in [1.29, 1.82) is 0 Å². The van der Waals surface area contributed by atoms with E-state index in [0.717, 1.165) is 11.1 Å². The highest BCUT2D eigenvalue weighted by molar-refractivity contribution is 7.08. The third-order valence-corrected chi connectivity index (χ3v) is 4.55. The largest absolute Gasteiger partial charge is 0.321 e.